The third kappa shape index (κ3) is 3.00. The van der Waals surface area contributed by atoms with Crippen molar-refractivity contribution in [2.75, 3.05) is 20.2 Å². The number of hydrogen-bond donors (Lipinski definition) is 1. The van der Waals surface area contributed by atoms with Crippen molar-refractivity contribution in [3.05, 3.63) is 23.9 Å². The molecular weight excluding hydrogens is 228 g/mol. The van der Waals surface area contributed by atoms with E-state index in [0.29, 0.717) is 11.8 Å². The number of ether oxygens (including phenoxy) is 1. The van der Waals surface area contributed by atoms with Gasteiger partial charge < -0.3 is 9.84 Å². The molecule has 0 unspecified atom stereocenters. The van der Waals surface area contributed by atoms with Crippen molar-refractivity contribution in [3.63, 3.8) is 0 Å². The molecule has 0 saturated carbocycles. The lowest BCUT2D eigenvalue weighted by Crippen LogP contribution is -2.33. The number of methoxy groups -OCH3 is 1. The summed E-state index contributed by atoms with van der Waals surface area (Å²) in [5, 5.41) is 10.0. The van der Waals surface area contributed by atoms with Gasteiger partial charge in [-0.15, -0.1) is 0 Å². The van der Waals surface area contributed by atoms with Gasteiger partial charge in [0.05, 0.1) is 12.7 Å². The largest absolute Gasteiger partial charge is 0.481 e. The van der Waals surface area contributed by atoms with Gasteiger partial charge in [-0.1, -0.05) is 6.07 Å². The van der Waals surface area contributed by atoms with Crippen LogP contribution in [0.2, 0.25) is 0 Å². The monoisotopic (exact) mass is 250 g/mol. The molecule has 100 valence electrons. The zero-order valence-electron chi connectivity index (χ0n) is 11.4. The van der Waals surface area contributed by atoms with Gasteiger partial charge in [-0.3, -0.25) is 4.90 Å². The minimum atomic E-state index is -0.590. The molecular formula is C14H22N2O2. The minimum Gasteiger partial charge on any atom is -0.481 e. The Morgan fingerprint density at radius 2 is 2.33 bits per heavy atom. The predicted octanol–water partition coefficient (Wildman–Crippen LogP) is 1.68. The van der Waals surface area contributed by atoms with Crippen molar-refractivity contribution in [2.45, 2.75) is 32.4 Å². The van der Waals surface area contributed by atoms with E-state index in [9.17, 15) is 5.11 Å². The van der Waals surface area contributed by atoms with Gasteiger partial charge in [0.1, 0.15) is 0 Å². The van der Waals surface area contributed by atoms with Gasteiger partial charge in [-0.05, 0) is 32.9 Å². The maximum absolute atomic E-state index is 10.0. The summed E-state index contributed by atoms with van der Waals surface area (Å²) in [4.78, 5) is 6.56. The van der Waals surface area contributed by atoms with E-state index in [1.807, 2.05) is 26.0 Å². The van der Waals surface area contributed by atoms with Gasteiger partial charge in [0.2, 0.25) is 5.88 Å². The number of nitrogens with zero attached hydrogens (tertiary/aromatic N) is 2. The number of hydrogen-bond acceptors (Lipinski definition) is 4. The summed E-state index contributed by atoms with van der Waals surface area (Å²) in [5.41, 5.74) is 0.518. The molecule has 1 fully saturated rings. The van der Waals surface area contributed by atoms with Crippen molar-refractivity contribution in [1.29, 1.82) is 0 Å². The first kappa shape index (κ1) is 13.3. The second kappa shape index (κ2) is 5.24. The Hall–Kier alpha value is -1.13. The second-order valence-electron chi connectivity index (χ2n) is 5.55. The number of aliphatic hydroxyl groups is 1. The van der Waals surface area contributed by atoms with Crippen LogP contribution in [0.4, 0.5) is 0 Å². The van der Waals surface area contributed by atoms with Crippen molar-refractivity contribution in [2.24, 2.45) is 5.92 Å². The Bertz CT molecular complexity index is 401. The van der Waals surface area contributed by atoms with Gasteiger partial charge in [0.15, 0.2) is 0 Å². The molecule has 0 bridgehead atoms. The summed E-state index contributed by atoms with van der Waals surface area (Å²) in [5.74, 6) is 1.05. The molecule has 0 amide bonds. The third-order valence-corrected chi connectivity index (χ3v) is 3.71. The normalized spacial score (nSPS) is 21.2. The van der Waals surface area contributed by atoms with E-state index in [1.54, 1.807) is 13.3 Å². The molecule has 1 aromatic heterocycles. The van der Waals surface area contributed by atoms with Crippen molar-refractivity contribution >= 4 is 0 Å². The first-order chi connectivity index (χ1) is 8.50. The molecule has 0 aliphatic carbocycles. The van der Waals surface area contributed by atoms with Crippen LogP contribution in [0.25, 0.3) is 0 Å². The molecule has 1 atom stereocenters. The second-order valence-corrected chi connectivity index (χ2v) is 5.55. The average molecular weight is 250 g/mol. The molecule has 0 radical (unpaired) electrons. The Morgan fingerprint density at radius 3 is 2.94 bits per heavy atom. The molecule has 4 heteroatoms. The number of aromatic nitrogens is 1. The van der Waals surface area contributed by atoms with E-state index in [2.05, 4.69) is 9.88 Å². The summed E-state index contributed by atoms with van der Waals surface area (Å²) >= 11 is 0. The molecule has 1 N–H and O–H groups in total. The van der Waals surface area contributed by atoms with Gasteiger partial charge in [0, 0.05) is 30.8 Å². The average Bonchev–Trinajstić information content (AvgIpc) is 2.78. The Balaban J connectivity index is 1.99. The minimum absolute atomic E-state index is 0.347. The molecule has 4 nitrogen and oxygen atoms in total. The number of rotatable bonds is 4. The SMILES string of the molecule is COc1ncccc1CN1CC[C@@H](C(C)(C)O)C1. The van der Waals surface area contributed by atoms with Crippen molar-refractivity contribution < 1.29 is 9.84 Å². The molecule has 1 aliphatic rings. The summed E-state index contributed by atoms with van der Waals surface area (Å²) in [7, 11) is 1.65. The van der Waals surface area contributed by atoms with Crippen molar-refractivity contribution in [3.8, 4) is 5.88 Å². The van der Waals surface area contributed by atoms with Crippen LogP contribution in [0.3, 0.4) is 0 Å². The molecule has 0 aromatic carbocycles. The predicted molar refractivity (Wildman–Crippen MR) is 70.5 cm³/mol. The van der Waals surface area contributed by atoms with Crippen LogP contribution in [-0.2, 0) is 6.54 Å². The molecule has 1 saturated heterocycles. The van der Waals surface area contributed by atoms with E-state index >= 15 is 0 Å². The summed E-state index contributed by atoms with van der Waals surface area (Å²) in [6.45, 7) is 6.58. The standard InChI is InChI=1S/C14H22N2O2/c1-14(2,17)12-6-8-16(10-12)9-11-5-4-7-15-13(11)18-3/h4-5,7,12,17H,6,8-10H2,1-3H3/t12-/m1/s1. The highest BCUT2D eigenvalue weighted by molar-refractivity contribution is 5.25. The van der Waals surface area contributed by atoms with Crippen LogP contribution < -0.4 is 4.74 Å². The smallest absolute Gasteiger partial charge is 0.217 e. The zero-order valence-corrected chi connectivity index (χ0v) is 11.4. The van der Waals surface area contributed by atoms with Crippen LogP contribution >= 0.6 is 0 Å². The van der Waals surface area contributed by atoms with E-state index in [1.165, 1.54) is 0 Å². The molecule has 1 aromatic rings. The summed E-state index contributed by atoms with van der Waals surface area (Å²) in [6, 6.07) is 3.98. The zero-order chi connectivity index (χ0) is 13.2. The van der Waals surface area contributed by atoms with Crippen LogP contribution in [0.15, 0.2) is 18.3 Å². The van der Waals surface area contributed by atoms with Gasteiger partial charge in [-0.2, -0.15) is 0 Å². The number of pyridine rings is 1. The first-order valence-electron chi connectivity index (χ1n) is 6.43. The maximum atomic E-state index is 10.0. The maximum Gasteiger partial charge on any atom is 0.217 e. The van der Waals surface area contributed by atoms with E-state index in [0.717, 1.165) is 31.6 Å². The summed E-state index contributed by atoms with van der Waals surface area (Å²) in [6.07, 6.45) is 2.79. The molecule has 2 rings (SSSR count). The quantitative estimate of drug-likeness (QED) is 0.883. The highest BCUT2D eigenvalue weighted by Gasteiger charge is 2.33. The lowest BCUT2D eigenvalue weighted by Gasteiger charge is -2.25. The van der Waals surface area contributed by atoms with Crippen LogP contribution in [0.5, 0.6) is 5.88 Å². The Morgan fingerprint density at radius 1 is 1.56 bits per heavy atom. The fourth-order valence-electron chi connectivity index (χ4n) is 2.52. The Kier molecular flexibility index (Phi) is 3.88. The summed E-state index contributed by atoms with van der Waals surface area (Å²) < 4.78 is 5.26. The molecule has 0 spiro atoms. The fraction of sp³-hybridized carbons (Fsp3) is 0.643. The lowest BCUT2D eigenvalue weighted by atomic mass is 9.90. The van der Waals surface area contributed by atoms with Crippen LogP contribution in [0, 0.1) is 5.92 Å². The van der Waals surface area contributed by atoms with Crippen LogP contribution in [0.1, 0.15) is 25.8 Å². The molecule has 1 aliphatic heterocycles. The number of likely N-dealkylation sites (tertiary alicyclic amines) is 1. The van der Waals surface area contributed by atoms with Gasteiger partial charge in [-0.25, -0.2) is 4.98 Å². The van der Waals surface area contributed by atoms with E-state index < -0.39 is 5.60 Å². The molecule has 2 heterocycles. The lowest BCUT2D eigenvalue weighted by molar-refractivity contribution is 0.0207. The van der Waals surface area contributed by atoms with Gasteiger partial charge >= 0.3 is 0 Å². The highest BCUT2D eigenvalue weighted by atomic mass is 16.5. The van der Waals surface area contributed by atoms with E-state index in [4.69, 9.17) is 4.74 Å². The van der Waals surface area contributed by atoms with Gasteiger partial charge in [0.25, 0.3) is 0 Å². The van der Waals surface area contributed by atoms with Crippen LogP contribution in [-0.4, -0.2) is 40.8 Å². The first-order valence-corrected chi connectivity index (χ1v) is 6.43. The fourth-order valence-corrected chi connectivity index (χ4v) is 2.52. The topological polar surface area (TPSA) is 45.6 Å². The Labute approximate surface area is 109 Å². The van der Waals surface area contributed by atoms with E-state index in [-0.39, 0.29) is 0 Å². The molecule has 18 heavy (non-hydrogen) atoms. The van der Waals surface area contributed by atoms with Crippen molar-refractivity contribution in [1.82, 2.24) is 9.88 Å². The highest BCUT2D eigenvalue weighted by Crippen LogP contribution is 2.28. The third-order valence-electron chi connectivity index (χ3n) is 3.71.